The smallest absolute Gasteiger partial charge is 0.276 e. The molecule has 3 heterocycles. The van der Waals surface area contributed by atoms with E-state index < -0.39 is 0 Å². The predicted octanol–water partition coefficient (Wildman–Crippen LogP) is 3.38. The molecule has 0 spiro atoms. The summed E-state index contributed by atoms with van der Waals surface area (Å²) in [4.78, 5) is 21.4. The van der Waals surface area contributed by atoms with E-state index in [-0.39, 0.29) is 17.8 Å². The number of carbonyl (C=O) groups is 1. The standard InChI is InChI=1S/C24H27FN4O3/c1-16-19(14-28(2)3)23(27-32-16)24(30)29-10-11-31-22(15-29)21-9-8-17(13-26-21)12-18-6-4-5-7-20(18)25/h4-9,13,22H,10-12,14-15H2,1-3H3/t22-/m0/s1. The molecule has 1 aliphatic rings. The van der Waals surface area contributed by atoms with Gasteiger partial charge in [0.2, 0.25) is 0 Å². The molecule has 1 amide bonds. The van der Waals surface area contributed by atoms with Crippen molar-refractivity contribution < 1.29 is 18.4 Å². The molecule has 1 atom stereocenters. The summed E-state index contributed by atoms with van der Waals surface area (Å²) in [7, 11) is 3.87. The summed E-state index contributed by atoms with van der Waals surface area (Å²) in [5.74, 6) is 0.264. The quantitative estimate of drug-likeness (QED) is 0.588. The second kappa shape index (κ2) is 9.58. The van der Waals surface area contributed by atoms with E-state index in [2.05, 4.69) is 10.1 Å². The first-order valence-electron chi connectivity index (χ1n) is 10.6. The van der Waals surface area contributed by atoms with Crippen LogP contribution in [0.15, 0.2) is 47.1 Å². The summed E-state index contributed by atoms with van der Waals surface area (Å²) in [5, 5.41) is 4.02. The van der Waals surface area contributed by atoms with E-state index in [4.69, 9.17) is 9.26 Å². The number of aromatic nitrogens is 2. The third-order valence-corrected chi connectivity index (χ3v) is 5.55. The Morgan fingerprint density at radius 2 is 2.06 bits per heavy atom. The maximum Gasteiger partial charge on any atom is 0.276 e. The van der Waals surface area contributed by atoms with E-state index in [1.165, 1.54) is 6.07 Å². The van der Waals surface area contributed by atoms with Crippen molar-refractivity contribution in [1.29, 1.82) is 0 Å². The highest BCUT2D eigenvalue weighted by atomic mass is 19.1. The van der Waals surface area contributed by atoms with Crippen LogP contribution in [-0.2, 0) is 17.7 Å². The lowest BCUT2D eigenvalue weighted by Crippen LogP contribution is -2.43. The molecule has 2 aromatic heterocycles. The zero-order valence-electron chi connectivity index (χ0n) is 18.5. The summed E-state index contributed by atoms with van der Waals surface area (Å²) in [6.07, 6.45) is 1.87. The number of pyridine rings is 1. The molecule has 0 radical (unpaired) electrons. The Morgan fingerprint density at radius 1 is 1.25 bits per heavy atom. The van der Waals surface area contributed by atoms with E-state index in [9.17, 15) is 9.18 Å². The molecular formula is C24H27FN4O3. The number of halogens is 1. The van der Waals surface area contributed by atoms with Gasteiger partial charge in [-0.15, -0.1) is 0 Å². The Labute approximate surface area is 186 Å². The first-order chi connectivity index (χ1) is 15.4. The van der Waals surface area contributed by atoms with Crippen molar-refractivity contribution in [3.63, 3.8) is 0 Å². The maximum absolute atomic E-state index is 13.9. The summed E-state index contributed by atoms with van der Waals surface area (Å²) >= 11 is 0. The molecule has 0 aliphatic carbocycles. The maximum atomic E-state index is 13.9. The van der Waals surface area contributed by atoms with E-state index in [0.717, 1.165) is 16.8 Å². The molecule has 0 saturated carbocycles. The molecule has 1 saturated heterocycles. The average Bonchev–Trinajstić information content (AvgIpc) is 3.15. The minimum absolute atomic E-state index is 0.164. The van der Waals surface area contributed by atoms with Gasteiger partial charge in [0.1, 0.15) is 17.7 Å². The lowest BCUT2D eigenvalue weighted by Gasteiger charge is -2.32. The van der Waals surface area contributed by atoms with Crippen LogP contribution >= 0.6 is 0 Å². The number of amides is 1. The van der Waals surface area contributed by atoms with E-state index >= 15 is 0 Å². The second-order valence-electron chi connectivity index (χ2n) is 8.27. The van der Waals surface area contributed by atoms with Gasteiger partial charge in [0.05, 0.1) is 18.8 Å². The number of aryl methyl sites for hydroxylation is 1. The van der Waals surface area contributed by atoms with Crippen molar-refractivity contribution in [3.8, 4) is 0 Å². The Balaban J connectivity index is 1.45. The van der Waals surface area contributed by atoms with Crippen molar-refractivity contribution in [1.82, 2.24) is 19.9 Å². The van der Waals surface area contributed by atoms with Crippen molar-refractivity contribution in [2.24, 2.45) is 0 Å². The van der Waals surface area contributed by atoms with Gasteiger partial charge in [-0.05, 0) is 44.3 Å². The van der Waals surface area contributed by atoms with Crippen molar-refractivity contribution in [2.75, 3.05) is 33.8 Å². The minimum Gasteiger partial charge on any atom is -0.368 e. The van der Waals surface area contributed by atoms with Crippen molar-refractivity contribution in [3.05, 3.63) is 82.3 Å². The van der Waals surface area contributed by atoms with Gasteiger partial charge in [-0.1, -0.05) is 29.4 Å². The topological polar surface area (TPSA) is 71.7 Å². The van der Waals surface area contributed by atoms with Crippen LogP contribution in [0.3, 0.4) is 0 Å². The molecule has 1 fully saturated rings. The molecular weight excluding hydrogens is 411 g/mol. The molecule has 8 heteroatoms. The Kier molecular flexibility index (Phi) is 6.62. The molecule has 3 aromatic rings. The summed E-state index contributed by atoms with van der Waals surface area (Å²) in [5.41, 5.74) is 3.44. The first kappa shape index (κ1) is 22.1. The summed E-state index contributed by atoms with van der Waals surface area (Å²) in [6, 6.07) is 10.5. The van der Waals surface area contributed by atoms with Crippen LogP contribution in [0.1, 0.15) is 44.7 Å². The van der Waals surface area contributed by atoms with Crippen molar-refractivity contribution >= 4 is 5.91 Å². The fourth-order valence-corrected chi connectivity index (χ4v) is 3.82. The van der Waals surface area contributed by atoms with E-state index in [1.807, 2.05) is 44.1 Å². The van der Waals surface area contributed by atoms with Crippen LogP contribution in [0.2, 0.25) is 0 Å². The van der Waals surface area contributed by atoms with Crippen LogP contribution in [0.25, 0.3) is 0 Å². The number of carbonyl (C=O) groups excluding carboxylic acids is 1. The highest BCUT2D eigenvalue weighted by Gasteiger charge is 2.30. The Morgan fingerprint density at radius 3 is 2.78 bits per heavy atom. The van der Waals surface area contributed by atoms with E-state index in [1.54, 1.807) is 23.2 Å². The van der Waals surface area contributed by atoms with Gasteiger partial charge >= 0.3 is 0 Å². The van der Waals surface area contributed by atoms with Gasteiger partial charge in [-0.2, -0.15) is 0 Å². The van der Waals surface area contributed by atoms with Crippen LogP contribution in [-0.4, -0.2) is 59.6 Å². The number of hydrogen-bond donors (Lipinski definition) is 0. The Bertz CT molecular complexity index is 1080. The largest absolute Gasteiger partial charge is 0.368 e. The molecule has 168 valence electrons. The predicted molar refractivity (Wildman–Crippen MR) is 117 cm³/mol. The molecule has 7 nitrogen and oxygen atoms in total. The number of hydrogen-bond acceptors (Lipinski definition) is 6. The number of nitrogens with zero attached hydrogens (tertiary/aromatic N) is 4. The third-order valence-electron chi connectivity index (χ3n) is 5.55. The lowest BCUT2D eigenvalue weighted by atomic mass is 10.0. The molecule has 0 N–H and O–H groups in total. The highest BCUT2D eigenvalue weighted by Crippen LogP contribution is 2.24. The van der Waals surface area contributed by atoms with Gasteiger partial charge < -0.3 is 19.1 Å². The van der Waals surface area contributed by atoms with Crippen LogP contribution in [0.5, 0.6) is 0 Å². The molecule has 0 unspecified atom stereocenters. The van der Waals surface area contributed by atoms with Crippen LogP contribution < -0.4 is 0 Å². The lowest BCUT2D eigenvalue weighted by molar-refractivity contribution is -0.0250. The molecule has 1 aromatic carbocycles. The third kappa shape index (κ3) is 4.87. The van der Waals surface area contributed by atoms with E-state index in [0.29, 0.717) is 49.7 Å². The molecule has 4 rings (SSSR count). The molecule has 1 aliphatic heterocycles. The second-order valence-corrected chi connectivity index (χ2v) is 8.27. The first-order valence-corrected chi connectivity index (χ1v) is 10.6. The average molecular weight is 439 g/mol. The van der Waals surface area contributed by atoms with Gasteiger partial charge in [-0.25, -0.2) is 4.39 Å². The van der Waals surface area contributed by atoms with Gasteiger partial charge in [0.15, 0.2) is 5.69 Å². The zero-order chi connectivity index (χ0) is 22.7. The van der Waals surface area contributed by atoms with Crippen molar-refractivity contribution in [2.45, 2.75) is 26.0 Å². The molecule has 32 heavy (non-hydrogen) atoms. The fraction of sp³-hybridized carbons (Fsp3) is 0.375. The SMILES string of the molecule is Cc1onc(C(=O)N2CCO[C@H](c3ccc(Cc4ccccc4F)cn3)C2)c1CN(C)C. The fourth-order valence-electron chi connectivity index (χ4n) is 3.82. The number of rotatable bonds is 6. The summed E-state index contributed by atoms with van der Waals surface area (Å²) < 4.78 is 25.1. The van der Waals surface area contributed by atoms with Gasteiger partial charge in [0, 0.05) is 31.3 Å². The minimum atomic E-state index is -0.333. The summed E-state index contributed by atoms with van der Waals surface area (Å²) in [6.45, 7) is 3.67. The zero-order valence-corrected chi connectivity index (χ0v) is 18.5. The molecule has 0 bridgehead atoms. The Hall–Kier alpha value is -3.10. The van der Waals surface area contributed by atoms with Gasteiger partial charge in [-0.3, -0.25) is 9.78 Å². The number of ether oxygens (including phenoxy) is 1. The van der Waals surface area contributed by atoms with Crippen LogP contribution in [0, 0.1) is 12.7 Å². The van der Waals surface area contributed by atoms with Crippen LogP contribution in [0.4, 0.5) is 4.39 Å². The van der Waals surface area contributed by atoms with Gasteiger partial charge in [0.25, 0.3) is 5.91 Å². The normalized spacial score (nSPS) is 16.5. The number of benzene rings is 1. The highest BCUT2D eigenvalue weighted by molar-refractivity contribution is 5.94. The number of morpholine rings is 1. The monoisotopic (exact) mass is 438 g/mol.